The van der Waals surface area contributed by atoms with E-state index in [1.807, 2.05) is 6.07 Å². The number of esters is 1. The van der Waals surface area contributed by atoms with Crippen LogP contribution in [0.5, 0.6) is 5.75 Å². The van der Waals surface area contributed by atoms with Crippen molar-refractivity contribution in [2.45, 2.75) is 65.0 Å². The zero-order valence-electron chi connectivity index (χ0n) is 18.9. The van der Waals surface area contributed by atoms with E-state index >= 15 is 0 Å². The van der Waals surface area contributed by atoms with Crippen LogP contribution in [0.3, 0.4) is 0 Å². The normalized spacial score (nSPS) is 11.9. The largest absolute Gasteiger partial charge is 0.481 e. The van der Waals surface area contributed by atoms with Crippen LogP contribution in [-0.4, -0.2) is 49.9 Å². The molecular weight excluding hydrogens is 515 g/mol. The molecule has 2 amide bonds. The minimum Gasteiger partial charge on any atom is -0.481 e. The zero-order valence-corrected chi connectivity index (χ0v) is 21.0. The highest BCUT2D eigenvalue weighted by Gasteiger charge is 2.25. The molecule has 0 saturated carbocycles. The van der Waals surface area contributed by atoms with Crippen molar-refractivity contribution in [2.75, 3.05) is 20.3 Å². The van der Waals surface area contributed by atoms with Crippen LogP contribution in [-0.2, 0) is 25.5 Å². The average molecular weight is 548 g/mol. The maximum atomic E-state index is 12.7. The number of halogens is 1. The lowest BCUT2D eigenvalue weighted by atomic mass is 10.0. The van der Waals surface area contributed by atoms with E-state index in [1.165, 1.54) is 7.11 Å². The summed E-state index contributed by atoms with van der Waals surface area (Å²) < 4.78 is 16.1. The molecule has 0 saturated heterocycles. The van der Waals surface area contributed by atoms with Crippen molar-refractivity contribution < 1.29 is 28.6 Å². The van der Waals surface area contributed by atoms with Gasteiger partial charge in [-0.25, -0.2) is 9.59 Å². The van der Waals surface area contributed by atoms with Gasteiger partial charge in [-0.05, 0) is 67.5 Å². The van der Waals surface area contributed by atoms with Gasteiger partial charge in [0, 0.05) is 13.0 Å². The van der Waals surface area contributed by atoms with Gasteiger partial charge in [-0.3, -0.25) is 4.79 Å². The lowest BCUT2D eigenvalue weighted by Gasteiger charge is -2.23. The Kier molecular flexibility index (Phi) is 11.7. The van der Waals surface area contributed by atoms with Crippen LogP contribution >= 0.6 is 22.6 Å². The highest BCUT2D eigenvalue weighted by Crippen LogP contribution is 2.23. The van der Waals surface area contributed by atoms with Gasteiger partial charge in [0.25, 0.3) is 0 Å². The summed E-state index contributed by atoms with van der Waals surface area (Å²) in [5.74, 6) is -0.195. The number of rotatable bonds is 11. The summed E-state index contributed by atoms with van der Waals surface area (Å²) in [6, 6.07) is 4.59. The molecule has 0 spiro atoms. The number of hydrogen-bond donors (Lipinski definition) is 2. The summed E-state index contributed by atoms with van der Waals surface area (Å²) in [6.07, 6.45) is 2.60. The molecule has 1 unspecified atom stereocenters. The molecule has 1 atom stereocenters. The van der Waals surface area contributed by atoms with Crippen LogP contribution in [0.1, 0.15) is 52.5 Å². The van der Waals surface area contributed by atoms with Gasteiger partial charge in [0.2, 0.25) is 5.91 Å². The van der Waals surface area contributed by atoms with Crippen LogP contribution in [0.4, 0.5) is 4.79 Å². The predicted octanol–water partition coefficient (Wildman–Crippen LogP) is 3.59. The van der Waals surface area contributed by atoms with Gasteiger partial charge in [0.05, 0.1) is 10.7 Å². The molecule has 1 aromatic rings. The smallest absolute Gasteiger partial charge is 0.408 e. The summed E-state index contributed by atoms with van der Waals surface area (Å²) in [5.41, 5.74) is 0.167. The SMILES string of the molecule is CCCCCNC(=O)C(Cc1ccc(OCC(=O)OC)c(I)c1)NC(=O)OC(C)(C)C. The number of benzene rings is 1. The Morgan fingerprint density at radius 1 is 1.16 bits per heavy atom. The minimum atomic E-state index is -0.783. The maximum Gasteiger partial charge on any atom is 0.408 e. The highest BCUT2D eigenvalue weighted by molar-refractivity contribution is 14.1. The van der Waals surface area contributed by atoms with Gasteiger partial charge in [-0.15, -0.1) is 0 Å². The van der Waals surface area contributed by atoms with E-state index in [4.69, 9.17) is 9.47 Å². The van der Waals surface area contributed by atoms with E-state index in [1.54, 1.807) is 32.9 Å². The first kappa shape index (κ1) is 27.0. The summed E-state index contributed by atoms with van der Waals surface area (Å²) in [4.78, 5) is 36.2. The van der Waals surface area contributed by atoms with Crippen molar-refractivity contribution in [3.63, 3.8) is 0 Å². The van der Waals surface area contributed by atoms with Crippen molar-refractivity contribution in [1.82, 2.24) is 10.6 Å². The Hall–Kier alpha value is -2.04. The molecule has 0 aliphatic carbocycles. The summed E-state index contributed by atoms with van der Waals surface area (Å²) in [5, 5.41) is 5.56. The Bertz CT molecular complexity index is 748. The standard InChI is InChI=1S/C22H33IN2O6/c1-6-7-8-11-24-20(27)17(25-21(28)31-22(2,3)4)13-15-9-10-18(16(23)12-15)30-14-19(26)29-5/h9-10,12,17H,6-8,11,13-14H2,1-5H3,(H,24,27)(H,25,28). The lowest BCUT2D eigenvalue weighted by Crippen LogP contribution is -2.49. The predicted molar refractivity (Wildman–Crippen MR) is 126 cm³/mol. The van der Waals surface area contributed by atoms with E-state index in [0.717, 1.165) is 28.4 Å². The van der Waals surface area contributed by atoms with Crippen molar-refractivity contribution in [1.29, 1.82) is 0 Å². The molecule has 8 nitrogen and oxygen atoms in total. The number of hydrogen-bond acceptors (Lipinski definition) is 6. The van der Waals surface area contributed by atoms with E-state index in [9.17, 15) is 14.4 Å². The average Bonchev–Trinajstić information content (AvgIpc) is 2.68. The zero-order chi connectivity index (χ0) is 23.4. The molecular formula is C22H33IN2O6. The minimum absolute atomic E-state index is 0.186. The molecule has 1 aromatic carbocycles. The molecule has 0 bridgehead atoms. The second kappa shape index (κ2) is 13.4. The van der Waals surface area contributed by atoms with Crippen LogP contribution in [0.25, 0.3) is 0 Å². The molecule has 1 rings (SSSR count). The summed E-state index contributed by atoms with van der Waals surface area (Å²) in [7, 11) is 1.30. The summed E-state index contributed by atoms with van der Waals surface area (Å²) in [6.45, 7) is 7.76. The number of carbonyl (C=O) groups excluding carboxylic acids is 3. The second-order valence-corrected chi connectivity index (χ2v) is 9.19. The molecule has 2 N–H and O–H groups in total. The highest BCUT2D eigenvalue weighted by atomic mass is 127. The van der Waals surface area contributed by atoms with Crippen LogP contribution in [0.15, 0.2) is 18.2 Å². The third-order valence-corrected chi connectivity index (χ3v) is 4.94. The van der Waals surface area contributed by atoms with Gasteiger partial charge < -0.3 is 24.8 Å². The van der Waals surface area contributed by atoms with Gasteiger partial charge in [0.15, 0.2) is 6.61 Å². The molecule has 0 fully saturated rings. The fraction of sp³-hybridized carbons (Fsp3) is 0.591. The van der Waals surface area contributed by atoms with E-state index in [2.05, 4.69) is 44.9 Å². The lowest BCUT2D eigenvalue weighted by molar-refractivity contribution is -0.142. The third kappa shape index (κ3) is 11.2. The first-order valence-electron chi connectivity index (χ1n) is 10.3. The van der Waals surface area contributed by atoms with Crippen molar-refractivity contribution in [3.8, 4) is 5.75 Å². The molecule has 0 radical (unpaired) electrons. The Balaban J connectivity index is 2.87. The molecule has 31 heavy (non-hydrogen) atoms. The molecule has 0 heterocycles. The molecule has 174 valence electrons. The second-order valence-electron chi connectivity index (χ2n) is 8.03. The van der Waals surface area contributed by atoms with Crippen LogP contribution < -0.4 is 15.4 Å². The number of amides is 2. The number of unbranched alkanes of at least 4 members (excludes halogenated alkanes) is 2. The maximum absolute atomic E-state index is 12.7. The van der Waals surface area contributed by atoms with Crippen LogP contribution in [0, 0.1) is 3.57 Å². The first-order chi connectivity index (χ1) is 14.6. The van der Waals surface area contributed by atoms with Gasteiger partial charge >= 0.3 is 12.1 Å². The van der Waals surface area contributed by atoms with Gasteiger partial charge in [0.1, 0.15) is 17.4 Å². The number of carbonyl (C=O) groups is 3. The summed E-state index contributed by atoms with van der Waals surface area (Å²) >= 11 is 2.09. The van der Waals surface area contributed by atoms with Gasteiger partial charge in [-0.2, -0.15) is 0 Å². The van der Waals surface area contributed by atoms with E-state index in [-0.39, 0.29) is 18.9 Å². The monoisotopic (exact) mass is 548 g/mol. The van der Waals surface area contributed by atoms with E-state index < -0.39 is 23.7 Å². The quantitative estimate of drug-likeness (QED) is 0.249. The molecule has 0 aliphatic rings. The molecule has 9 heteroatoms. The first-order valence-corrected chi connectivity index (χ1v) is 11.4. The fourth-order valence-corrected chi connectivity index (χ4v) is 3.32. The van der Waals surface area contributed by atoms with Crippen molar-refractivity contribution in [3.05, 3.63) is 27.3 Å². The van der Waals surface area contributed by atoms with Crippen molar-refractivity contribution in [2.24, 2.45) is 0 Å². The number of methoxy groups -OCH3 is 1. The van der Waals surface area contributed by atoms with Crippen molar-refractivity contribution >= 4 is 40.6 Å². The molecule has 0 aliphatic heterocycles. The fourth-order valence-electron chi connectivity index (χ4n) is 2.59. The van der Waals surface area contributed by atoms with E-state index in [0.29, 0.717) is 12.3 Å². The van der Waals surface area contributed by atoms with Crippen LogP contribution in [0.2, 0.25) is 0 Å². The number of nitrogens with one attached hydrogen (secondary N) is 2. The Morgan fingerprint density at radius 2 is 1.87 bits per heavy atom. The Labute approximate surface area is 197 Å². The third-order valence-electron chi connectivity index (χ3n) is 4.10. The topological polar surface area (TPSA) is 103 Å². The molecule has 0 aromatic heterocycles. The van der Waals surface area contributed by atoms with Gasteiger partial charge in [-0.1, -0.05) is 25.8 Å². The number of ether oxygens (including phenoxy) is 3. The number of alkyl carbamates (subject to hydrolysis) is 1. The Morgan fingerprint density at radius 3 is 2.45 bits per heavy atom.